The number of likely N-dealkylation sites (N-methyl/N-ethyl adjacent to an activating group) is 1. The molecule has 0 aromatic heterocycles. The van der Waals surface area contributed by atoms with E-state index in [2.05, 4.69) is 98.9 Å². The second kappa shape index (κ2) is 70.3. The number of esters is 2. The van der Waals surface area contributed by atoms with Crippen LogP contribution in [0.1, 0.15) is 348 Å². The molecule has 2 unspecified atom stereocenters. The number of aliphatic carboxylic acids is 1. The van der Waals surface area contributed by atoms with Gasteiger partial charge in [0, 0.05) is 12.8 Å². The predicted molar refractivity (Wildman–Crippen MR) is 380 cm³/mol. The van der Waals surface area contributed by atoms with Crippen LogP contribution in [0.25, 0.3) is 0 Å². The normalized spacial score (nSPS) is 13.1. The van der Waals surface area contributed by atoms with Gasteiger partial charge in [-0.05, 0) is 89.9 Å². The van der Waals surface area contributed by atoms with Crippen molar-refractivity contribution in [3.8, 4) is 0 Å². The molecule has 0 aliphatic heterocycles. The summed E-state index contributed by atoms with van der Waals surface area (Å²) in [6.07, 6.45) is 92.6. The van der Waals surface area contributed by atoms with Crippen LogP contribution in [0.4, 0.5) is 0 Å². The van der Waals surface area contributed by atoms with Crippen LogP contribution in [0.15, 0.2) is 85.1 Å². The summed E-state index contributed by atoms with van der Waals surface area (Å²) in [4.78, 5) is 37.5. The number of hydrogen-bond acceptors (Lipinski definition) is 8. The largest absolute Gasteiger partial charge is 0.545 e. The van der Waals surface area contributed by atoms with Gasteiger partial charge in [0.05, 0.1) is 40.3 Å². The molecule has 0 bridgehead atoms. The standard InChI is InChI=1S/C80H143NO8/c1-6-8-10-12-14-16-18-20-22-24-26-28-30-31-32-33-34-35-36-37-38-39-40-41-42-43-44-45-46-47-49-51-53-55-57-59-61-63-65-67-69-71-78(83)89-76(75-88-80(79(84)85)86-73-72-81(3,4)5)74-87-77(82)70-68-66-64-62-60-58-56-54-52-50-48-29-27-25-23-21-19-17-15-13-11-9-7-2/h8,10,14,16,19-22,25-28,31-32,76,80H,6-7,9,11-13,15,17-18,23-24,29-30,33-75H2,1-5H3/b10-8-,16-14-,21-19-,22-20-,27-25-,28-26-,32-31-. The average molecular weight is 1250 g/mol. The molecule has 0 aromatic carbocycles. The quantitative estimate of drug-likeness (QED) is 0.0195. The summed E-state index contributed by atoms with van der Waals surface area (Å²) in [5.41, 5.74) is 0. The zero-order valence-corrected chi connectivity index (χ0v) is 59.0. The maximum Gasteiger partial charge on any atom is 0.306 e. The molecule has 0 saturated heterocycles. The van der Waals surface area contributed by atoms with E-state index >= 15 is 0 Å². The topological polar surface area (TPSA) is 111 Å². The predicted octanol–water partition coefficient (Wildman–Crippen LogP) is 22.5. The molecular weight excluding hydrogens is 1100 g/mol. The van der Waals surface area contributed by atoms with Gasteiger partial charge < -0.3 is 33.3 Å². The van der Waals surface area contributed by atoms with Crippen molar-refractivity contribution in [3.05, 3.63) is 85.1 Å². The maximum absolute atomic E-state index is 13.0. The first-order valence-electron chi connectivity index (χ1n) is 37.7. The molecule has 9 nitrogen and oxygen atoms in total. The molecule has 0 rings (SSSR count). The molecule has 89 heavy (non-hydrogen) atoms. The summed E-state index contributed by atoms with van der Waals surface area (Å²) in [6, 6.07) is 0. The van der Waals surface area contributed by atoms with E-state index < -0.39 is 24.3 Å². The highest BCUT2D eigenvalue weighted by Crippen LogP contribution is 2.19. The van der Waals surface area contributed by atoms with E-state index in [-0.39, 0.29) is 32.2 Å². The van der Waals surface area contributed by atoms with Gasteiger partial charge in [0.2, 0.25) is 0 Å². The molecule has 0 heterocycles. The molecule has 0 saturated carbocycles. The van der Waals surface area contributed by atoms with Crippen LogP contribution in [0.5, 0.6) is 0 Å². The Kier molecular flexibility index (Phi) is 67.6. The minimum absolute atomic E-state index is 0.148. The summed E-state index contributed by atoms with van der Waals surface area (Å²) in [5, 5.41) is 11.8. The lowest BCUT2D eigenvalue weighted by Crippen LogP contribution is -2.44. The summed E-state index contributed by atoms with van der Waals surface area (Å²) in [5.74, 6) is -2.27. The van der Waals surface area contributed by atoms with E-state index in [1.165, 1.54) is 244 Å². The van der Waals surface area contributed by atoms with Crippen LogP contribution >= 0.6 is 0 Å². The van der Waals surface area contributed by atoms with Crippen LogP contribution < -0.4 is 5.11 Å². The van der Waals surface area contributed by atoms with E-state index in [9.17, 15) is 19.5 Å². The third-order valence-electron chi connectivity index (χ3n) is 16.6. The number of carbonyl (C=O) groups excluding carboxylic acids is 3. The smallest absolute Gasteiger partial charge is 0.306 e. The van der Waals surface area contributed by atoms with Crippen molar-refractivity contribution in [2.75, 3.05) is 47.5 Å². The van der Waals surface area contributed by atoms with E-state index in [0.29, 0.717) is 23.9 Å². The monoisotopic (exact) mass is 1250 g/mol. The summed E-state index contributed by atoms with van der Waals surface area (Å²) >= 11 is 0. The molecule has 0 N–H and O–H groups in total. The zero-order valence-electron chi connectivity index (χ0n) is 59.0. The van der Waals surface area contributed by atoms with E-state index in [4.69, 9.17) is 18.9 Å². The molecule has 0 amide bonds. The van der Waals surface area contributed by atoms with Crippen LogP contribution in [-0.4, -0.2) is 82.3 Å². The van der Waals surface area contributed by atoms with E-state index in [0.717, 1.165) is 70.6 Å². The molecular formula is C80H143NO8. The van der Waals surface area contributed by atoms with Crippen molar-refractivity contribution in [3.63, 3.8) is 0 Å². The first-order chi connectivity index (χ1) is 43.6. The molecule has 0 radical (unpaired) electrons. The van der Waals surface area contributed by atoms with Gasteiger partial charge in [-0.15, -0.1) is 0 Å². The van der Waals surface area contributed by atoms with Crippen molar-refractivity contribution in [1.29, 1.82) is 0 Å². The Morgan fingerprint density at radius 1 is 0.348 bits per heavy atom. The lowest BCUT2D eigenvalue weighted by Gasteiger charge is -2.26. The number of quaternary nitrogens is 1. The number of hydrogen-bond donors (Lipinski definition) is 0. The second-order valence-corrected chi connectivity index (χ2v) is 26.6. The fraction of sp³-hybridized carbons (Fsp3) is 0.787. The summed E-state index contributed by atoms with van der Waals surface area (Å²) in [7, 11) is 5.94. The van der Waals surface area contributed by atoms with Crippen molar-refractivity contribution >= 4 is 17.9 Å². The van der Waals surface area contributed by atoms with Crippen molar-refractivity contribution in [1.82, 2.24) is 0 Å². The van der Waals surface area contributed by atoms with E-state index in [1.54, 1.807) is 0 Å². The second-order valence-electron chi connectivity index (χ2n) is 26.6. The number of allylic oxidation sites excluding steroid dienone is 14. The fourth-order valence-corrected chi connectivity index (χ4v) is 10.9. The highest BCUT2D eigenvalue weighted by Gasteiger charge is 2.22. The molecule has 0 aliphatic rings. The van der Waals surface area contributed by atoms with Gasteiger partial charge >= 0.3 is 11.9 Å². The molecule has 516 valence electrons. The van der Waals surface area contributed by atoms with Crippen LogP contribution in [0.2, 0.25) is 0 Å². The lowest BCUT2D eigenvalue weighted by atomic mass is 10.0. The van der Waals surface area contributed by atoms with Gasteiger partial charge in [0.15, 0.2) is 12.4 Å². The van der Waals surface area contributed by atoms with Crippen LogP contribution in [0, 0.1) is 0 Å². The lowest BCUT2D eigenvalue weighted by molar-refractivity contribution is -0.870. The molecule has 2 atom stereocenters. The molecule has 0 aliphatic carbocycles. The zero-order chi connectivity index (χ0) is 64.7. The summed E-state index contributed by atoms with van der Waals surface area (Å²) in [6.45, 7) is 4.67. The van der Waals surface area contributed by atoms with Gasteiger partial charge in [-0.1, -0.05) is 330 Å². The first kappa shape index (κ1) is 85.5. The summed E-state index contributed by atoms with van der Waals surface area (Å²) < 4.78 is 22.8. The number of carboxylic acids is 1. The molecule has 0 aromatic rings. The minimum atomic E-state index is -1.62. The average Bonchev–Trinajstić information content (AvgIpc) is 3.64. The van der Waals surface area contributed by atoms with Crippen LogP contribution in [-0.2, 0) is 33.3 Å². The third kappa shape index (κ3) is 71.8. The van der Waals surface area contributed by atoms with Crippen molar-refractivity contribution in [2.24, 2.45) is 0 Å². The first-order valence-corrected chi connectivity index (χ1v) is 37.7. The van der Waals surface area contributed by atoms with Crippen LogP contribution in [0.3, 0.4) is 0 Å². The minimum Gasteiger partial charge on any atom is -0.545 e. The number of carboxylic acid groups (broad SMARTS) is 1. The van der Waals surface area contributed by atoms with Crippen molar-refractivity contribution in [2.45, 2.75) is 360 Å². The third-order valence-corrected chi connectivity index (χ3v) is 16.6. The van der Waals surface area contributed by atoms with Crippen molar-refractivity contribution < 1.29 is 42.9 Å². The van der Waals surface area contributed by atoms with E-state index in [1.807, 2.05) is 21.1 Å². The highest BCUT2D eigenvalue weighted by molar-refractivity contribution is 5.70. The highest BCUT2D eigenvalue weighted by atomic mass is 16.7. The molecule has 0 spiro atoms. The number of carbonyl (C=O) groups is 3. The Morgan fingerprint density at radius 3 is 0.955 bits per heavy atom. The van der Waals surface area contributed by atoms with Gasteiger partial charge in [-0.25, -0.2) is 0 Å². The Bertz CT molecular complexity index is 1740. The number of ether oxygens (including phenoxy) is 4. The molecule has 0 fully saturated rings. The van der Waals surface area contributed by atoms with Gasteiger partial charge in [-0.2, -0.15) is 0 Å². The Morgan fingerprint density at radius 2 is 0.640 bits per heavy atom. The SMILES string of the molecule is CC/C=C\C/C=C\C/C=C\C/C=C\C/C=C\CCCCCCCCCCCCCCCCCCCCCCCCCCCC(=O)OC(COC(=O)CCCCCCCCCCCCC/C=C\C/C=C\CCCCCCC)COC(OCC[N+](C)(C)C)C(=O)[O-]. The van der Waals surface area contributed by atoms with Gasteiger partial charge in [0.25, 0.3) is 0 Å². The maximum atomic E-state index is 13.0. The van der Waals surface area contributed by atoms with Gasteiger partial charge in [-0.3, -0.25) is 9.59 Å². The Labute approximate surface area is 550 Å². The fourth-order valence-electron chi connectivity index (χ4n) is 10.9. The Hall–Kier alpha value is -3.53. The molecule has 9 heteroatoms. The van der Waals surface area contributed by atoms with Gasteiger partial charge in [0.1, 0.15) is 13.2 Å². The number of unbranched alkanes of at least 4 members (excludes halogenated alkanes) is 41. The Balaban J connectivity index is 3.98. The number of rotatable bonds is 70. The number of nitrogens with zero attached hydrogens (tertiary/aromatic N) is 1.